The molecule has 0 spiro atoms. The van der Waals surface area contributed by atoms with Crippen molar-refractivity contribution in [2.24, 2.45) is 5.73 Å². The number of amides is 2. The summed E-state index contributed by atoms with van der Waals surface area (Å²) in [6.07, 6.45) is 0. The zero-order valence-corrected chi connectivity index (χ0v) is 12.3. The van der Waals surface area contributed by atoms with Crippen LogP contribution in [0.15, 0.2) is 12.1 Å². The van der Waals surface area contributed by atoms with Crippen LogP contribution in [0.3, 0.4) is 0 Å². The minimum absolute atomic E-state index is 0.0802. The molecule has 2 heterocycles. The Morgan fingerprint density at radius 3 is 2.95 bits per heavy atom. The predicted octanol–water partition coefficient (Wildman–Crippen LogP) is -0.597. The van der Waals surface area contributed by atoms with Gasteiger partial charge in [0, 0.05) is 31.9 Å². The van der Waals surface area contributed by atoms with E-state index in [4.69, 9.17) is 5.73 Å². The first-order chi connectivity index (χ1) is 10.0. The number of carbonyl (C=O) groups excluding carboxylic acids is 2. The van der Waals surface area contributed by atoms with Gasteiger partial charge in [0.1, 0.15) is 11.9 Å². The van der Waals surface area contributed by atoms with E-state index in [0.717, 1.165) is 12.2 Å². The fourth-order valence-electron chi connectivity index (χ4n) is 2.44. The van der Waals surface area contributed by atoms with Crippen LogP contribution < -0.4 is 21.3 Å². The number of primary amides is 1. The number of carbonyl (C=O) groups is 2. The number of nitrogens with zero attached hydrogens (tertiary/aromatic N) is 2. The zero-order chi connectivity index (χ0) is 15.4. The number of hydrogen-bond donors (Lipinski definition) is 3. The summed E-state index contributed by atoms with van der Waals surface area (Å²) in [6.45, 7) is 6.12. The molecule has 21 heavy (non-hydrogen) atoms. The highest BCUT2D eigenvalue weighted by Crippen LogP contribution is 2.21. The van der Waals surface area contributed by atoms with E-state index in [1.54, 1.807) is 12.1 Å². The number of nitrogens with one attached hydrogen (secondary N) is 2. The molecule has 0 saturated carbocycles. The van der Waals surface area contributed by atoms with Gasteiger partial charge in [0.05, 0.1) is 5.56 Å². The van der Waals surface area contributed by atoms with E-state index in [-0.39, 0.29) is 5.91 Å². The lowest BCUT2D eigenvalue weighted by molar-refractivity contribution is -0.122. The van der Waals surface area contributed by atoms with E-state index < -0.39 is 11.9 Å². The van der Waals surface area contributed by atoms with E-state index in [9.17, 15) is 9.59 Å². The molecule has 1 aliphatic heterocycles. The molecular formula is C14H21N5O2. The van der Waals surface area contributed by atoms with Gasteiger partial charge in [0.25, 0.3) is 5.91 Å². The zero-order valence-electron chi connectivity index (χ0n) is 12.3. The Balaban J connectivity index is 2.39. The van der Waals surface area contributed by atoms with Crippen molar-refractivity contribution in [3.63, 3.8) is 0 Å². The fraction of sp³-hybridized carbons (Fsp3) is 0.500. The first-order valence-corrected chi connectivity index (χ1v) is 7.07. The number of likely N-dealkylation sites (N-methyl/N-ethyl adjacent to an activating group) is 1. The molecule has 0 radical (unpaired) electrons. The quantitative estimate of drug-likeness (QED) is 0.688. The first-order valence-electron chi connectivity index (χ1n) is 7.07. The molecule has 0 aromatic carbocycles. The summed E-state index contributed by atoms with van der Waals surface area (Å²) in [5, 5.41) is 6.00. The van der Waals surface area contributed by atoms with Gasteiger partial charge in [-0.05, 0) is 26.0 Å². The lowest BCUT2D eigenvalue weighted by Crippen LogP contribution is -2.58. The lowest BCUT2D eigenvalue weighted by atomic mass is 10.1. The van der Waals surface area contributed by atoms with Gasteiger partial charge in [-0.15, -0.1) is 0 Å². The molecule has 2 rings (SSSR count). The summed E-state index contributed by atoms with van der Waals surface area (Å²) in [5.74, 6) is -0.130. The fourth-order valence-corrected chi connectivity index (χ4v) is 2.44. The molecule has 1 aliphatic rings. The Labute approximate surface area is 123 Å². The van der Waals surface area contributed by atoms with Crippen LogP contribution in [0.25, 0.3) is 0 Å². The van der Waals surface area contributed by atoms with Gasteiger partial charge in [0.15, 0.2) is 0 Å². The number of hydrogen-bond acceptors (Lipinski definition) is 5. The second-order valence-corrected chi connectivity index (χ2v) is 5.00. The van der Waals surface area contributed by atoms with Crippen LogP contribution >= 0.6 is 0 Å². The summed E-state index contributed by atoms with van der Waals surface area (Å²) < 4.78 is 0. The van der Waals surface area contributed by atoms with Crippen LogP contribution in [0, 0.1) is 6.92 Å². The molecule has 4 N–H and O–H groups in total. The van der Waals surface area contributed by atoms with Crippen molar-refractivity contribution in [2.75, 3.05) is 31.1 Å². The largest absolute Gasteiger partial charge is 0.365 e. The number of anilines is 1. The Hall–Kier alpha value is -2.15. The van der Waals surface area contributed by atoms with Gasteiger partial charge in [-0.2, -0.15) is 0 Å². The van der Waals surface area contributed by atoms with Crippen molar-refractivity contribution >= 4 is 17.6 Å². The molecule has 0 bridgehead atoms. The summed E-state index contributed by atoms with van der Waals surface area (Å²) in [7, 11) is 0. The molecule has 2 amide bonds. The monoisotopic (exact) mass is 291 g/mol. The molecule has 1 unspecified atom stereocenters. The number of piperazine rings is 1. The first kappa shape index (κ1) is 15.2. The molecule has 114 valence electrons. The van der Waals surface area contributed by atoms with Crippen LogP contribution in [0.1, 0.15) is 23.0 Å². The highest BCUT2D eigenvalue weighted by Gasteiger charge is 2.31. The lowest BCUT2D eigenvalue weighted by Gasteiger charge is -2.36. The summed E-state index contributed by atoms with van der Waals surface area (Å²) in [5.41, 5.74) is 6.55. The maximum Gasteiger partial charge on any atom is 0.252 e. The van der Waals surface area contributed by atoms with Gasteiger partial charge in [-0.3, -0.25) is 9.59 Å². The number of rotatable bonds is 4. The molecule has 1 aromatic heterocycles. The molecule has 1 atom stereocenters. The third-order valence-electron chi connectivity index (χ3n) is 3.45. The number of aromatic nitrogens is 1. The van der Waals surface area contributed by atoms with Gasteiger partial charge in [-0.1, -0.05) is 0 Å². The molecule has 1 fully saturated rings. The topological polar surface area (TPSA) is 100 Å². The summed E-state index contributed by atoms with van der Waals surface area (Å²) in [6, 6.07) is 3.01. The maximum absolute atomic E-state index is 12.2. The highest BCUT2D eigenvalue weighted by molar-refractivity contribution is 5.98. The van der Waals surface area contributed by atoms with E-state index >= 15 is 0 Å². The Morgan fingerprint density at radius 1 is 1.52 bits per heavy atom. The van der Waals surface area contributed by atoms with Crippen molar-refractivity contribution < 1.29 is 9.59 Å². The van der Waals surface area contributed by atoms with E-state index in [0.29, 0.717) is 31.0 Å². The van der Waals surface area contributed by atoms with Crippen LogP contribution in [0.5, 0.6) is 0 Å². The number of nitrogens with two attached hydrogens (primary N) is 1. The minimum atomic E-state index is -0.536. The van der Waals surface area contributed by atoms with Crippen LogP contribution in [-0.4, -0.2) is 49.0 Å². The van der Waals surface area contributed by atoms with Crippen molar-refractivity contribution in [1.29, 1.82) is 0 Å². The second-order valence-electron chi connectivity index (χ2n) is 5.00. The maximum atomic E-state index is 12.2. The van der Waals surface area contributed by atoms with Crippen molar-refractivity contribution in [1.82, 2.24) is 15.6 Å². The second kappa shape index (κ2) is 6.53. The van der Waals surface area contributed by atoms with Crippen LogP contribution in [0.4, 0.5) is 5.82 Å². The van der Waals surface area contributed by atoms with Crippen molar-refractivity contribution in [3.05, 3.63) is 23.4 Å². The van der Waals surface area contributed by atoms with Crippen LogP contribution in [0.2, 0.25) is 0 Å². The predicted molar refractivity (Wildman–Crippen MR) is 80.2 cm³/mol. The molecule has 0 aliphatic carbocycles. The number of aryl methyl sites for hydroxylation is 1. The number of pyridine rings is 1. The molecular weight excluding hydrogens is 270 g/mol. The summed E-state index contributed by atoms with van der Waals surface area (Å²) in [4.78, 5) is 30.1. The van der Waals surface area contributed by atoms with Gasteiger partial charge < -0.3 is 21.3 Å². The van der Waals surface area contributed by atoms with Crippen molar-refractivity contribution in [2.45, 2.75) is 19.9 Å². The smallest absolute Gasteiger partial charge is 0.252 e. The third kappa shape index (κ3) is 3.30. The molecule has 1 aromatic rings. The minimum Gasteiger partial charge on any atom is -0.365 e. The van der Waals surface area contributed by atoms with Crippen molar-refractivity contribution in [3.8, 4) is 0 Å². The average Bonchev–Trinajstić information content (AvgIpc) is 2.47. The Kier molecular flexibility index (Phi) is 4.74. The van der Waals surface area contributed by atoms with Crippen LogP contribution in [-0.2, 0) is 4.79 Å². The van der Waals surface area contributed by atoms with Gasteiger partial charge >= 0.3 is 0 Å². The molecule has 7 nitrogen and oxygen atoms in total. The molecule has 7 heteroatoms. The normalized spacial score (nSPS) is 18.4. The van der Waals surface area contributed by atoms with E-state index in [1.165, 1.54) is 0 Å². The average molecular weight is 291 g/mol. The SMILES string of the molecule is CCNC(=O)C1CNCCN1c1nc(C)ccc1C(N)=O. The van der Waals surface area contributed by atoms with Gasteiger partial charge in [0.2, 0.25) is 5.91 Å². The Morgan fingerprint density at radius 2 is 2.29 bits per heavy atom. The van der Waals surface area contributed by atoms with E-state index in [2.05, 4.69) is 15.6 Å². The Bertz CT molecular complexity index is 546. The standard InChI is InChI=1S/C14H21N5O2/c1-3-17-14(21)11-8-16-6-7-19(11)13-10(12(15)20)5-4-9(2)18-13/h4-5,11,16H,3,6-8H2,1-2H3,(H2,15,20)(H,17,21). The highest BCUT2D eigenvalue weighted by atomic mass is 16.2. The third-order valence-corrected chi connectivity index (χ3v) is 3.45. The molecule has 1 saturated heterocycles. The summed E-state index contributed by atoms with van der Waals surface area (Å²) >= 11 is 0. The van der Waals surface area contributed by atoms with E-state index in [1.807, 2.05) is 18.7 Å². The van der Waals surface area contributed by atoms with Gasteiger partial charge in [-0.25, -0.2) is 4.98 Å².